The fourth-order valence-corrected chi connectivity index (χ4v) is 7.22. The van der Waals surface area contributed by atoms with Crippen LogP contribution in [0.3, 0.4) is 0 Å². The van der Waals surface area contributed by atoms with E-state index in [9.17, 15) is 9.90 Å². The molecule has 3 unspecified atom stereocenters. The molecule has 2 aromatic rings. The number of aliphatic hydroxyl groups excluding tert-OH is 1. The molecule has 1 amide bonds. The molecule has 1 saturated carbocycles. The second-order valence-corrected chi connectivity index (χ2v) is 12.3. The minimum absolute atomic E-state index is 0.0971. The molecule has 4 nitrogen and oxygen atoms in total. The highest BCUT2D eigenvalue weighted by molar-refractivity contribution is 5.95. The predicted octanol–water partition coefficient (Wildman–Crippen LogP) is 6.47. The number of piperidine rings is 1. The maximum atomic E-state index is 14.0. The van der Waals surface area contributed by atoms with Gasteiger partial charge in [0.15, 0.2) is 0 Å². The Kier molecular flexibility index (Phi) is 8.40. The molecular formula is C34H46N2O2. The van der Waals surface area contributed by atoms with Crippen molar-refractivity contribution in [2.45, 2.75) is 77.2 Å². The number of amides is 1. The Bertz CT molecular complexity index is 1130. The molecule has 0 bridgehead atoms. The number of hydrogen-bond donors (Lipinski definition) is 1. The van der Waals surface area contributed by atoms with Gasteiger partial charge in [0.2, 0.25) is 5.91 Å². The number of carbonyl (C=O) groups excluding carboxylic acids is 1. The quantitative estimate of drug-likeness (QED) is 0.439. The minimum Gasteiger partial charge on any atom is -0.393 e. The van der Waals surface area contributed by atoms with E-state index in [1.165, 1.54) is 29.5 Å². The first kappa shape index (κ1) is 27.1. The third-order valence-electron chi connectivity index (χ3n) is 9.62. The number of aliphatic hydroxyl groups is 1. The average Bonchev–Trinajstić information content (AvgIpc) is 3.29. The molecule has 1 N–H and O–H groups in total. The third-order valence-corrected chi connectivity index (χ3v) is 9.62. The maximum absolute atomic E-state index is 14.0. The first-order chi connectivity index (χ1) is 18.4. The molecule has 1 saturated heterocycles. The van der Waals surface area contributed by atoms with Crippen LogP contribution < -0.4 is 4.90 Å². The van der Waals surface area contributed by atoms with Crippen molar-refractivity contribution in [1.29, 1.82) is 0 Å². The summed E-state index contributed by atoms with van der Waals surface area (Å²) < 4.78 is 0. The summed E-state index contributed by atoms with van der Waals surface area (Å²) >= 11 is 0. The fourth-order valence-electron chi connectivity index (χ4n) is 7.22. The molecule has 0 aromatic heterocycles. The molecule has 2 fully saturated rings. The van der Waals surface area contributed by atoms with E-state index >= 15 is 0 Å². The van der Waals surface area contributed by atoms with Gasteiger partial charge in [0, 0.05) is 23.6 Å². The van der Waals surface area contributed by atoms with Crippen molar-refractivity contribution >= 4 is 17.7 Å². The molecule has 2 aromatic carbocycles. The van der Waals surface area contributed by atoms with Crippen molar-refractivity contribution in [2.24, 2.45) is 17.8 Å². The van der Waals surface area contributed by atoms with Crippen LogP contribution in [0, 0.1) is 17.8 Å². The number of hydrogen-bond acceptors (Lipinski definition) is 3. The molecule has 3 atom stereocenters. The second-order valence-electron chi connectivity index (χ2n) is 12.3. The van der Waals surface area contributed by atoms with E-state index in [-0.39, 0.29) is 23.3 Å². The number of likely N-dealkylation sites (tertiary alicyclic amines) is 1. The van der Waals surface area contributed by atoms with Gasteiger partial charge in [0.1, 0.15) is 0 Å². The minimum atomic E-state index is -0.371. The van der Waals surface area contributed by atoms with Crippen LogP contribution in [0.4, 0.5) is 5.69 Å². The molecule has 5 rings (SSSR count). The molecule has 38 heavy (non-hydrogen) atoms. The van der Waals surface area contributed by atoms with Crippen molar-refractivity contribution in [3.63, 3.8) is 0 Å². The van der Waals surface area contributed by atoms with Crippen LogP contribution in [-0.4, -0.2) is 48.2 Å². The van der Waals surface area contributed by atoms with Crippen molar-refractivity contribution in [1.82, 2.24) is 4.90 Å². The van der Waals surface area contributed by atoms with E-state index in [0.29, 0.717) is 18.3 Å². The summed E-state index contributed by atoms with van der Waals surface area (Å²) in [6, 6.07) is 17.3. The second kappa shape index (κ2) is 11.8. The highest BCUT2D eigenvalue weighted by Gasteiger charge is 2.38. The lowest BCUT2D eigenvalue weighted by molar-refractivity contribution is -0.125. The van der Waals surface area contributed by atoms with Gasteiger partial charge >= 0.3 is 0 Å². The van der Waals surface area contributed by atoms with Gasteiger partial charge < -0.3 is 14.9 Å². The molecule has 4 heteroatoms. The molecule has 1 aliphatic heterocycles. The number of para-hydroxylation sites is 1. The molecule has 204 valence electrons. The highest BCUT2D eigenvalue weighted by Crippen LogP contribution is 2.43. The van der Waals surface area contributed by atoms with Crippen LogP contribution in [0.2, 0.25) is 0 Å². The Labute approximate surface area is 229 Å². The van der Waals surface area contributed by atoms with Gasteiger partial charge in [-0.15, -0.1) is 0 Å². The number of allylic oxidation sites excluding steroid dienone is 1. The number of fused-ring (bicyclic) bond motifs is 2. The summed E-state index contributed by atoms with van der Waals surface area (Å²) in [6.07, 6.45) is 10.9. The summed E-state index contributed by atoms with van der Waals surface area (Å²) in [5, 5.41) is 10.6. The smallest absolute Gasteiger partial charge is 0.230 e. The van der Waals surface area contributed by atoms with Gasteiger partial charge in [0.05, 0.1) is 6.10 Å². The lowest BCUT2D eigenvalue weighted by Gasteiger charge is -2.40. The fraction of sp³-hybridized carbons (Fsp3) is 0.559. The number of nitrogens with zero attached hydrogens (tertiary/aromatic N) is 2. The van der Waals surface area contributed by atoms with E-state index < -0.39 is 0 Å². The number of anilines is 1. The molecule has 3 aliphatic rings. The first-order valence-corrected chi connectivity index (χ1v) is 15.0. The third kappa shape index (κ3) is 5.62. The van der Waals surface area contributed by atoms with E-state index in [0.717, 1.165) is 57.5 Å². The van der Waals surface area contributed by atoms with Crippen molar-refractivity contribution in [3.05, 3.63) is 71.3 Å². The van der Waals surface area contributed by atoms with Crippen LogP contribution in [0.25, 0.3) is 6.08 Å². The molecule has 1 heterocycles. The lowest BCUT2D eigenvalue weighted by atomic mass is 9.74. The number of benzene rings is 2. The van der Waals surface area contributed by atoms with Crippen LogP contribution in [0.5, 0.6) is 0 Å². The van der Waals surface area contributed by atoms with E-state index in [4.69, 9.17) is 0 Å². The van der Waals surface area contributed by atoms with Gasteiger partial charge in [-0.1, -0.05) is 75.4 Å². The zero-order chi connectivity index (χ0) is 26.7. The monoisotopic (exact) mass is 514 g/mol. The summed E-state index contributed by atoms with van der Waals surface area (Å²) in [5.41, 5.74) is 5.39. The number of rotatable bonds is 8. The Morgan fingerprint density at radius 2 is 1.79 bits per heavy atom. The Morgan fingerprint density at radius 1 is 1.05 bits per heavy atom. The zero-order valence-electron chi connectivity index (χ0n) is 23.6. The van der Waals surface area contributed by atoms with Crippen molar-refractivity contribution in [2.75, 3.05) is 31.1 Å². The summed E-state index contributed by atoms with van der Waals surface area (Å²) in [5.74, 6) is 1.01. The van der Waals surface area contributed by atoms with Gasteiger partial charge in [0.25, 0.3) is 0 Å². The normalized spacial score (nSPS) is 24.6. The zero-order valence-corrected chi connectivity index (χ0v) is 23.6. The Hall–Kier alpha value is -2.43. The number of aryl methyl sites for hydroxylation is 1. The van der Waals surface area contributed by atoms with Crippen molar-refractivity contribution < 1.29 is 9.90 Å². The van der Waals surface area contributed by atoms with E-state index in [2.05, 4.69) is 91.3 Å². The SMILES string of the molecule is CCc1ccccc1N(CCCN1CCC2(C=Cc3ccccc32)CC1)C(=O)C1CC(O)CC(C(C)C)C1. The van der Waals surface area contributed by atoms with Gasteiger partial charge in [-0.05, 0) is 99.2 Å². The van der Waals surface area contributed by atoms with Crippen molar-refractivity contribution in [3.8, 4) is 0 Å². The standard InChI is InChI=1S/C34H46N2O2/c1-4-26-10-6-8-13-32(26)36(33(38)29-22-28(25(2)3)23-30(37)24-29)19-9-18-35-20-16-34(17-21-35)15-14-27-11-5-7-12-31(27)34/h5-8,10-15,25,28-30,37H,4,9,16-24H2,1-3H3. The summed E-state index contributed by atoms with van der Waals surface area (Å²) in [7, 11) is 0. The van der Waals surface area contributed by atoms with Gasteiger partial charge in [-0.3, -0.25) is 4.79 Å². The first-order valence-electron chi connectivity index (χ1n) is 15.0. The molecular weight excluding hydrogens is 468 g/mol. The van der Waals surface area contributed by atoms with Crippen LogP contribution in [0.1, 0.15) is 76.0 Å². The van der Waals surface area contributed by atoms with Gasteiger partial charge in [-0.2, -0.15) is 0 Å². The van der Waals surface area contributed by atoms with Crippen LogP contribution in [0.15, 0.2) is 54.6 Å². The topological polar surface area (TPSA) is 43.8 Å². The lowest BCUT2D eigenvalue weighted by Crippen LogP contribution is -2.44. The summed E-state index contributed by atoms with van der Waals surface area (Å²) in [6.45, 7) is 10.6. The van der Waals surface area contributed by atoms with E-state index in [1.807, 2.05) is 0 Å². The van der Waals surface area contributed by atoms with Gasteiger partial charge in [-0.25, -0.2) is 0 Å². The Morgan fingerprint density at radius 3 is 2.55 bits per heavy atom. The van der Waals surface area contributed by atoms with E-state index in [1.54, 1.807) is 0 Å². The average molecular weight is 515 g/mol. The largest absolute Gasteiger partial charge is 0.393 e. The molecule has 0 radical (unpaired) electrons. The molecule has 1 spiro atoms. The highest BCUT2D eigenvalue weighted by atomic mass is 16.3. The van der Waals surface area contributed by atoms with Crippen LogP contribution >= 0.6 is 0 Å². The Balaban J connectivity index is 1.24. The molecule has 2 aliphatic carbocycles. The van der Waals surface area contributed by atoms with Crippen LogP contribution in [-0.2, 0) is 16.6 Å². The maximum Gasteiger partial charge on any atom is 0.230 e. The summed E-state index contributed by atoms with van der Waals surface area (Å²) in [4.78, 5) is 18.7. The predicted molar refractivity (Wildman–Crippen MR) is 157 cm³/mol. The number of carbonyl (C=O) groups is 1.